The van der Waals surface area contributed by atoms with Crippen molar-refractivity contribution in [3.8, 4) is 0 Å². The normalized spacial score (nSPS) is 10.2. The monoisotopic (exact) mass is 231 g/mol. The van der Waals surface area contributed by atoms with Gasteiger partial charge in [0.1, 0.15) is 5.82 Å². The molecule has 1 aromatic carbocycles. The van der Waals surface area contributed by atoms with E-state index in [1.807, 2.05) is 24.1 Å². The molecule has 4 heteroatoms. The summed E-state index contributed by atoms with van der Waals surface area (Å²) < 4.78 is 13.1. The number of rotatable bonds is 3. The maximum absolute atomic E-state index is 13.1. The van der Waals surface area contributed by atoms with Gasteiger partial charge in [-0.3, -0.25) is 4.98 Å². The van der Waals surface area contributed by atoms with Crippen molar-refractivity contribution in [3.63, 3.8) is 0 Å². The molecule has 0 fully saturated rings. The second-order valence-corrected chi connectivity index (χ2v) is 3.88. The molecule has 0 aliphatic carbocycles. The van der Waals surface area contributed by atoms with Crippen molar-refractivity contribution in [2.45, 2.75) is 6.54 Å². The molecular weight excluding hydrogens is 217 g/mol. The van der Waals surface area contributed by atoms with E-state index in [2.05, 4.69) is 4.98 Å². The number of nitrogens with zero attached hydrogens (tertiary/aromatic N) is 2. The molecule has 17 heavy (non-hydrogen) atoms. The van der Waals surface area contributed by atoms with Crippen molar-refractivity contribution >= 4 is 11.4 Å². The summed E-state index contributed by atoms with van der Waals surface area (Å²) in [6.07, 6.45) is 1.70. The Morgan fingerprint density at radius 3 is 2.82 bits per heavy atom. The zero-order valence-corrected chi connectivity index (χ0v) is 9.60. The van der Waals surface area contributed by atoms with E-state index in [1.165, 1.54) is 12.1 Å². The molecule has 2 aromatic rings. The van der Waals surface area contributed by atoms with Crippen molar-refractivity contribution < 1.29 is 4.39 Å². The van der Waals surface area contributed by atoms with Gasteiger partial charge < -0.3 is 10.6 Å². The predicted molar refractivity (Wildman–Crippen MR) is 67.2 cm³/mol. The molecule has 2 N–H and O–H groups in total. The summed E-state index contributed by atoms with van der Waals surface area (Å²) in [5.74, 6) is -0.247. The summed E-state index contributed by atoms with van der Waals surface area (Å²) in [6.45, 7) is 0.552. The lowest BCUT2D eigenvalue weighted by atomic mass is 10.2. The van der Waals surface area contributed by atoms with Gasteiger partial charge in [-0.25, -0.2) is 4.39 Å². The predicted octanol–water partition coefficient (Wildman–Crippen LogP) is 2.44. The topological polar surface area (TPSA) is 42.2 Å². The van der Waals surface area contributed by atoms with E-state index in [9.17, 15) is 4.39 Å². The van der Waals surface area contributed by atoms with E-state index in [-0.39, 0.29) is 5.82 Å². The Morgan fingerprint density at radius 1 is 1.29 bits per heavy atom. The Kier molecular flexibility index (Phi) is 3.23. The molecule has 1 heterocycles. The minimum absolute atomic E-state index is 0.247. The van der Waals surface area contributed by atoms with Crippen molar-refractivity contribution in [1.29, 1.82) is 0 Å². The lowest BCUT2D eigenvalue weighted by Crippen LogP contribution is -2.18. The summed E-state index contributed by atoms with van der Waals surface area (Å²) in [7, 11) is 1.88. The zero-order chi connectivity index (χ0) is 12.3. The first-order chi connectivity index (χ1) is 8.16. The van der Waals surface area contributed by atoms with Crippen LogP contribution in [0.5, 0.6) is 0 Å². The first kappa shape index (κ1) is 11.4. The van der Waals surface area contributed by atoms with Crippen LogP contribution in [0.3, 0.4) is 0 Å². The third kappa shape index (κ3) is 2.72. The van der Waals surface area contributed by atoms with E-state index in [4.69, 9.17) is 5.73 Å². The summed E-state index contributed by atoms with van der Waals surface area (Å²) in [4.78, 5) is 6.11. The third-order valence-corrected chi connectivity index (χ3v) is 2.56. The Bertz CT molecular complexity index is 514. The lowest BCUT2D eigenvalue weighted by molar-refractivity contribution is 0.627. The highest BCUT2D eigenvalue weighted by Crippen LogP contribution is 2.17. The van der Waals surface area contributed by atoms with Crippen LogP contribution in [0, 0.1) is 5.82 Å². The molecule has 88 valence electrons. The quantitative estimate of drug-likeness (QED) is 0.882. The van der Waals surface area contributed by atoms with Crippen LogP contribution in [0.1, 0.15) is 5.69 Å². The maximum Gasteiger partial charge on any atom is 0.125 e. The second kappa shape index (κ2) is 4.82. The fourth-order valence-corrected chi connectivity index (χ4v) is 1.61. The number of nitrogen functional groups attached to an aromatic ring is 1. The number of hydrogen-bond acceptors (Lipinski definition) is 3. The standard InChI is InChI=1S/C13H14FN3/c1-17(11-5-2-4-10(14)8-11)9-13-12(15)6-3-7-16-13/h2-8H,9,15H2,1H3. The molecular formula is C13H14FN3. The average molecular weight is 231 g/mol. The minimum atomic E-state index is -0.247. The van der Waals surface area contributed by atoms with Crippen LogP contribution in [-0.2, 0) is 6.54 Å². The minimum Gasteiger partial charge on any atom is -0.397 e. The van der Waals surface area contributed by atoms with Crippen LogP contribution in [0.2, 0.25) is 0 Å². The van der Waals surface area contributed by atoms with E-state index in [1.54, 1.807) is 18.3 Å². The lowest BCUT2D eigenvalue weighted by Gasteiger charge is -2.19. The fraction of sp³-hybridized carbons (Fsp3) is 0.154. The van der Waals surface area contributed by atoms with Crippen molar-refractivity contribution in [2.24, 2.45) is 0 Å². The Hall–Kier alpha value is -2.10. The summed E-state index contributed by atoms with van der Waals surface area (Å²) >= 11 is 0. The van der Waals surface area contributed by atoms with Crippen LogP contribution in [0.25, 0.3) is 0 Å². The fourth-order valence-electron chi connectivity index (χ4n) is 1.61. The van der Waals surface area contributed by atoms with Crippen LogP contribution >= 0.6 is 0 Å². The van der Waals surface area contributed by atoms with E-state index < -0.39 is 0 Å². The Morgan fingerprint density at radius 2 is 2.12 bits per heavy atom. The molecule has 0 bridgehead atoms. The SMILES string of the molecule is CN(Cc1ncccc1N)c1cccc(F)c1. The molecule has 0 atom stereocenters. The van der Waals surface area contributed by atoms with E-state index in [0.29, 0.717) is 12.2 Å². The van der Waals surface area contributed by atoms with Gasteiger partial charge in [-0.05, 0) is 30.3 Å². The number of aromatic nitrogens is 1. The summed E-state index contributed by atoms with van der Waals surface area (Å²) in [5, 5.41) is 0. The van der Waals surface area contributed by atoms with Gasteiger partial charge in [0.25, 0.3) is 0 Å². The van der Waals surface area contributed by atoms with Gasteiger partial charge >= 0.3 is 0 Å². The number of benzene rings is 1. The van der Waals surface area contributed by atoms with Crippen LogP contribution < -0.4 is 10.6 Å². The Balaban J connectivity index is 2.17. The number of anilines is 2. The van der Waals surface area contributed by atoms with E-state index >= 15 is 0 Å². The van der Waals surface area contributed by atoms with Crippen LogP contribution in [0.15, 0.2) is 42.6 Å². The number of nitrogens with two attached hydrogens (primary N) is 1. The smallest absolute Gasteiger partial charge is 0.125 e. The van der Waals surface area contributed by atoms with Gasteiger partial charge in [-0.15, -0.1) is 0 Å². The zero-order valence-electron chi connectivity index (χ0n) is 9.60. The number of hydrogen-bond donors (Lipinski definition) is 1. The highest BCUT2D eigenvalue weighted by molar-refractivity contribution is 5.49. The molecule has 0 amide bonds. The molecule has 0 saturated carbocycles. The molecule has 0 unspecified atom stereocenters. The highest BCUT2D eigenvalue weighted by Gasteiger charge is 2.06. The molecule has 0 aliphatic rings. The maximum atomic E-state index is 13.1. The first-order valence-electron chi connectivity index (χ1n) is 5.33. The van der Waals surface area contributed by atoms with Gasteiger partial charge in [-0.2, -0.15) is 0 Å². The summed E-state index contributed by atoms with van der Waals surface area (Å²) in [5.41, 5.74) is 8.05. The highest BCUT2D eigenvalue weighted by atomic mass is 19.1. The molecule has 2 rings (SSSR count). The van der Waals surface area contributed by atoms with Gasteiger partial charge in [0.15, 0.2) is 0 Å². The number of pyridine rings is 1. The van der Waals surface area contributed by atoms with Crippen LogP contribution in [0.4, 0.5) is 15.8 Å². The first-order valence-corrected chi connectivity index (χ1v) is 5.33. The van der Waals surface area contributed by atoms with E-state index in [0.717, 1.165) is 11.4 Å². The molecule has 0 saturated heterocycles. The Labute approximate surface area is 99.7 Å². The van der Waals surface area contributed by atoms with Crippen molar-refractivity contribution in [1.82, 2.24) is 4.98 Å². The van der Waals surface area contributed by atoms with Crippen molar-refractivity contribution in [2.75, 3.05) is 17.7 Å². The van der Waals surface area contributed by atoms with Crippen molar-refractivity contribution in [3.05, 3.63) is 54.1 Å². The summed E-state index contributed by atoms with van der Waals surface area (Å²) in [6, 6.07) is 10.0. The van der Waals surface area contributed by atoms with Gasteiger partial charge in [0.05, 0.1) is 17.9 Å². The molecule has 0 radical (unpaired) electrons. The molecule has 0 aliphatic heterocycles. The average Bonchev–Trinajstić information content (AvgIpc) is 2.32. The largest absolute Gasteiger partial charge is 0.397 e. The number of halogens is 1. The molecule has 1 aromatic heterocycles. The van der Waals surface area contributed by atoms with Gasteiger partial charge in [0.2, 0.25) is 0 Å². The third-order valence-electron chi connectivity index (χ3n) is 2.56. The van der Waals surface area contributed by atoms with Crippen LogP contribution in [-0.4, -0.2) is 12.0 Å². The van der Waals surface area contributed by atoms with Gasteiger partial charge in [0, 0.05) is 18.9 Å². The van der Waals surface area contributed by atoms with Gasteiger partial charge in [-0.1, -0.05) is 6.07 Å². The molecule has 3 nitrogen and oxygen atoms in total. The second-order valence-electron chi connectivity index (χ2n) is 3.88. The molecule has 0 spiro atoms.